The number of phosphoric acid groups is 1. The van der Waals surface area contributed by atoms with Gasteiger partial charge in [-0.1, -0.05) is 6.58 Å². The van der Waals surface area contributed by atoms with Gasteiger partial charge in [0, 0.05) is 12.7 Å². The van der Waals surface area contributed by atoms with Crippen LogP contribution < -0.4 is 0 Å². The molecule has 0 aliphatic rings. The summed E-state index contributed by atoms with van der Waals surface area (Å²) in [5.41, 5.74) is 0. The monoisotopic (exact) mass is 286 g/mol. The molecule has 0 rings (SSSR count). The number of hydrogen-bond acceptors (Lipinski definition) is 4. The first-order chi connectivity index (χ1) is 7.81. The van der Waals surface area contributed by atoms with Gasteiger partial charge in [-0.05, 0) is 19.4 Å². The van der Waals surface area contributed by atoms with E-state index in [-0.39, 0.29) is 15.7 Å². The van der Waals surface area contributed by atoms with Gasteiger partial charge in [-0.2, -0.15) is 0 Å². The van der Waals surface area contributed by atoms with Crippen molar-refractivity contribution in [2.75, 3.05) is 13.2 Å². The zero-order valence-corrected chi connectivity index (χ0v) is 12.1. The Balaban J connectivity index is 0. The molecule has 0 aliphatic heterocycles. The van der Waals surface area contributed by atoms with E-state index < -0.39 is 7.82 Å². The number of ether oxygens (including phenoxy) is 1. The third-order valence-corrected chi connectivity index (χ3v) is 2.78. The second kappa shape index (κ2) is 12.0. The molecule has 9 heteroatoms. The van der Waals surface area contributed by atoms with Crippen molar-refractivity contribution < 1.29 is 33.2 Å². The summed E-state index contributed by atoms with van der Waals surface area (Å²) in [5.74, 6) is -0.340. The lowest BCUT2D eigenvalue weighted by Crippen LogP contribution is -2.04. The lowest BCUT2D eigenvalue weighted by Gasteiger charge is -2.01. The minimum absolute atomic E-state index is 0.340. The molecular formula is C8H19O7PSi. The van der Waals surface area contributed by atoms with E-state index in [1.54, 1.807) is 0 Å². The van der Waals surface area contributed by atoms with Crippen LogP contribution in [-0.2, 0) is 18.5 Å². The van der Waals surface area contributed by atoms with Crippen LogP contribution in [0.3, 0.4) is 0 Å². The summed E-state index contributed by atoms with van der Waals surface area (Å²) < 4.78 is 18.9. The highest BCUT2D eigenvalue weighted by Crippen LogP contribution is 2.25. The van der Waals surface area contributed by atoms with Gasteiger partial charge in [0.25, 0.3) is 0 Å². The predicted molar refractivity (Wildman–Crippen MR) is 65.0 cm³/mol. The van der Waals surface area contributed by atoms with Crippen LogP contribution in [0.5, 0.6) is 0 Å². The molecule has 0 saturated heterocycles. The number of carbonyl (C=O) groups is 1. The second-order valence-corrected chi connectivity index (χ2v) is 5.34. The average Bonchev–Trinajstić information content (AvgIpc) is 2.20. The Bertz CT molecular complexity index is 244. The maximum Gasteiger partial charge on any atom is 0.466 e. The molecular weight excluding hydrogens is 267 g/mol. The Kier molecular flexibility index (Phi) is 13.3. The van der Waals surface area contributed by atoms with Crippen LogP contribution in [0.2, 0.25) is 6.04 Å². The van der Waals surface area contributed by atoms with Crippen LogP contribution in [0.15, 0.2) is 12.7 Å². The van der Waals surface area contributed by atoms with Gasteiger partial charge in [0.05, 0.1) is 6.61 Å². The molecule has 3 N–H and O–H groups in total. The zero-order valence-electron chi connectivity index (χ0n) is 9.74. The molecule has 0 amide bonds. The fourth-order valence-electron chi connectivity index (χ4n) is 0.682. The van der Waals surface area contributed by atoms with Gasteiger partial charge in [0.1, 0.15) is 0 Å². The van der Waals surface area contributed by atoms with E-state index >= 15 is 0 Å². The molecule has 0 atom stereocenters. The fourth-order valence-corrected chi connectivity index (χ4v) is 1.58. The van der Waals surface area contributed by atoms with Gasteiger partial charge in [-0.15, -0.1) is 0 Å². The first kappa shape index (κ1) is 18.9. The topological polar surface area (TPSA) is 113 Å². The van der Waals surface area contributed by atoms with Gasteiger partial charge in [-0.3, -0.25) is 0 Å². The van der Waals surface area contributed by atoms with Crippen molar-refractivity contribution >= 4 is 23.6 Å². The minimum atomic E-state index is -4.64. The number of esters is 1. The van der Waals surface area contributed by atoms with E-state index in [0.717, 1.165) is 19.1 Å². The quantitative estimate of drug-likeness (QED) is 0.194. The van der Waals surface area contributed by atoms with Crippen LogP contribution in [-0.4, -0.2) is 43.6 Å². The van der Waals surface area contributed by atoms with Gasteiger partial charge in [-0.25, -0.2) is 9.36 Å². The molecule has 17 heavy (non-hydrogen) atoms. The number of carbonyl (C=O) groups excluding carboxylic acids is 1. The Morgan fingerprint density at radius 2 is 2.00 bits per heavy atom. The SMILES string of the molecule is C=CC(=O)OCCC[SiH2]OCC.O=P(O)(O)O. The maximum atomic E-state index is 10.5. The largest absolute Gasteiger partial charge is 0.466 e. The van der Waals surface area contributed by atoms with Gasteiger partial charge in [0.15, 0.2) is 9.76 Å². The lowest BCUT2D eigenvalue weighted by atomic mass is 10.5. The van der Waals surface area contributed by atoms with Crippen LogP contribution in [0.1, 0.15) is 13.3 Å². The van der Waals surface area contributed by atoms with Gasteiger partial charge in [0.2, 0.25) is 0 Å². The van der Waals surface area contributed by atoms with E-state index in [1.807, 2.05) is 6.92 Å². The Labute approximate surface area is 103 Å². The highest BCUT2D eigenvalue weighted by atomic mass is 31.2. The Morgan fingerprint density at radius 1 is 1.47 bits per heavy atom. The molecule has 0 aromatic rings. The molecule has 0 aromatic heterocycles. The number of hydrogen-bond donors (Lipinski definition) is 3. The lowest BCUT2D eigenvalue weighted by molar-refractivity contribution is -0.137. The third-order valence-electron chi connectivity index (χ3n) is 1.30. The maximum absolute atomic E-state index is 10.5. The normalized spacial score (nSPS) is 10.8. The highest BCUT2D eigenvalue weighted by Gasteiger charge is 2.00. The standard InChI is InChI=1S/C8H16O3Si.H3O4P/c1-3-8(9)10-6-5-7-12-11-4-2;1-5(2,3)4/h3H,1,4-7,12H2,2H3;(H3,1,2,3,4). The van der Waals surface area contributed by atoms with Crippen molar-refractivity contribution in [3.63, 3.8) is 0 Å². The molecule has 0 fully saturated rings. The molecule has 0 unspecified atom stereocenters. The van der Waals surface area contributed by atoms with Crippen molar-refractivity contribution in [3.05, 3.63) is 12.7 Å². The molecule has 0 saturated carbocycles. The van der Waals surface area contributed by atoms with E-state index in [1.165, 1.54) is 6.08 Å². The molecule has 7 nitrogen and oxygen atoms in total. The summed E-state index contributed by atoms with van der Waals surface area (Å²) in [5, 5.41) is 0. The van der Waals surface area contributed by atoms with E-state index in [9.17, 15) is 4.79 Å². The molecule has 0 aliphatic carbocycles. The smallest absolute Gasteiger partial charge is 0.463 e. The molecule has 0 spiro atoms. The fraction of sp³-hybridized carbons (Fsp3) is 0.625. The van der Waals surface area contributed by atoms with Crippen LogP contribution in [0, 0.1) is 0 Å². The first-order valence-corrected chi connectivity index (χ1v) is 8.10. The summed E-state index contributed by atoms with van der Waals surface area (Å²) in [6, 6.07) is 1.07. The van der Waals surface area contributed by atoms with Crippen molar-refractivity contribution in [2.45, 2.75) is 19.4 Å². The van der Waals surface area contributed by atoms with Crippen molar-refractivity contribution in [3.8, 4) is 0 Å². The Hall–Kier alpha value is -0.503. The van der Waals surface area contributed by atoms with Crippen molar-refractivity contribution in [1.29, 1.82) is 0 Å². The Morgan fingerprint density at radius 3 is 2.41 bits per heavy atom. The van der Waals surface area contributed by atoms with E-state index in [0.29, 0.717) is 6.61 Å². The van der Waals surface area contributed by atoms with Crippen molar-refractivity contribution in [1.82, 2.24) is 0 Å². The summed E-state index contributed by atoms with van der Waals surface area (Å²) in [6.45, 7) is 6.58. The van der Waals surface area contributed by atoms with Crippen LogP contribution >= 0.6 is 7.82 Å². The van der Waals surface area contributed by atoms with E-state index in [2.05, 4.69) is 6.58 Å². The summed E-state index contributed by atoms with van der Waals surface area (Å²) in [4.78, 5) is 32.1. The molecule has 0 aromatic carbocycles. The molecule has 102 valence electrons. The predicted octanol–water partition coefficient (Wildman–Crippen LogP) is -0.284. The summed E-state index contributed by atoms with van der Waals surface area (Å²) in [7, 11) is -5.00. The van der Waals surface area contributed by atoms with Crippen molar-refractivity contribution in [2.24, 2.45) is 0 Å². The van der Waals surface area contributed by atoms with Crippen LogP contribution in [0.4, 0.5) is 0 Å². The van der Waals surface area contributed by atoms with Crippen LogP contribution in [0.25, 0.3) is 0 Å². The highest BCUT2D eigenvalue weighted by molar-refractivity contribution is 7.45. The van der Waals surface area contributed by atoms with E-state index in [4.69, 9.17) is 28.4 Å². The molecule has 0 heterocycles. The molecule has 0 radical (unpaired) electrons. The summed E-state index contributed by atoms with van der Waals surface area (Å²) >= 11 is 0. The summed E-state index contributed by atoms with van der Waals surface area (Å²) in [6.07, 6.45) is 2.09. The number of rotatable bonds is 7. The second-order valence-electron chi connectivity index (χ2n) is 2.79. The van der Waals surface area contributed by atoms with Gasteiger partial charge >= 0.3 is 13.8 Å². The minimum Gasteiger partial charge on any atom is -0.463 e. The first-order valence-electron chi connectivity index (χ1n) is 4.96. The zero-order chi connectivity index (χ0) is 13.7. The van der Waals surface area contributed by atoms with Gasteiger partial charge < -0.3 is 23.8 Å². The average molecular weight is 286 g/mol. The molecule has 0 bridgehead atoms. The third kappa shape index (κ3) is 31.3.